The summed E-state index contributed by atoms with van der Waals surface area (Å²) in [4.78, 5) is 12.3. The molecule has 0 saturated carbocycles. The Morgan fingerprint density at radius 3 is 2.80 bits per heavy atom. The van der Waals surface area contributed by atoms with Crippen LogP contribution in [0.25, 0.3) is 0 Å². The highest BCUT2D eigenvalue weighted by Gasteiger charge is 2.30. The number of halogens is 1. The second kappa shape index (κ2) is 9.49. The molecule has 1 atom stereocenters. The quantitative estimate of drug-likeness (QED) is 0.458. The molecule has 1 aliphatic heterocycles. The Labute approximate surface area is 179 Å². The van der Waals surface area contributed by atoms with Crippen LogP contribution in [0, 0.1) is 11.7 Å². The zero-order valence-electron chi connectivity index (χ0n) is 16.3. The number of hydrazine groups is 1. The first-order chi connectivity index (χ1) is 14.2. The molecule has 1 fully saturated rings. The number of piperidine rings is 1. The predicted molar refractivity (Wildman–Crippen MR) is 114 cm³/mol. The number of hydrogen-bond donors (Lipinski definition) is 3. The fraction of sp³-hybridized carbons (Fsp3) is 0.389. The van der Waals surface area contributed by atoms with Crippen molar-refractivity contribution in [3.8, 4) is 0 Å². The maximum atomic E-state index is 13.7. The average molecular weight is 455 g/mol. The Hall–Kier alpha value is -2.57. The third-order valence-corrected chi connectivity index (χ3v) is 6.17. The van der Waals surface area contributed by atoms with Crippen molar-refractivity contribution in [2.24, 2.45) is 5.92 Å². The van der Waals surface area contributed by atoms with Crippen LogP contribution in [0.2, 0.25) is 0 Å². The van der Waals surface area contributed by atoms with Gasteiger partial charge in [-0.3, -0.25) is 20.3 Å². The van der Waals surface area contributed by atoms with Crippen molar-refractivity contribution < 1.29 is 17.6 Å². The molecule has 9 nitrogen and oxygen atoms in total. The van der Waals surface area contributed by atoms with Gasteiger partial charge in [-0.25, -0.2) is 17.1 Å². The molecule has 0 radical (unpaired) electrons. The summed E-state index contributed by atoms with van der Waals surface area (Å²) in [5.41, 5.74) is 5.60. The third kappa shape index (κ3) is 5.97. The van der Waals surface area contributed by atoms with Gasteiger partial charge in [0.25, 0.3) is 0 Å². The van der Waals surface area contributed by atoms with E-state index >= 15 is 0 Å². The smallest absolute Gasteiger partial charge is 0.242 e. The van der Waals surface area contributed by atoms with Gasteiger partial charge < -0.3 is 5.32 Å². The maximum absolute atomic E-state index is 13.7. The standard InChI is InChI=1S/C18H23FN6O3S2/c1-30(27,28)25-9-4-6-14(12-25)17(26)21-22-18(29)20-16-8-10-24(23-16)11-13-5-2-3-7-15(13)19/h2-3,5,7-8,10,14H,4,6,9,11-12H2,1H3,(H,21,26)(H2,20,22,23,29). The highest BCUT2D eigenvalue weighted by Crippen LogP contribution is 2.18. The van der Waals surface area contributed by atoms with E-state index in [1.165, 1.54) is 10.4 Å². The second-order valence-corrected chi connectivity index (χ2v) is 9.41. The van der Waals surface area contributed by atoms with Crippen LogP contribution in [-0.2, 0) is 21.4 Å². The molecule has 0 spiro atoms. The fourth-order valence-electron chi connectivity index (χ4n) is 3.14. The van der Waals surface area contributed by atoms with E-state index in [1.54, 1.807) is 35.1 Å². The molecule has 12 heteroatoms. The molecule has 1 aliphatic rings. The summed E-state index contributed by atoms with van der Waals surface area (Å²) in [6.07, 6.45) is 4.03. The molecule has 0 aliphatic carbocycles. The van der Waals surface area contributed by atoms with E-state index in [4.69, 9.17) is 12.2 Å². The monoisotopic (exact) mass is 454 g/mol. The number of nitrogens with one attached hydrogen (secondary N) is 3. The van der Waals surface area contributed by atoms with Gasteiger partial charge >= 0.3 is 0 Å². The number of sulfonamides is 1. The lowest BCUT2D eigenvalue weighted by molar-refractivity contribution is -0.126. The third-order valence-electron chi connectivity index (χ3n) is 4.70. The molecule has 0 bridgehead atoms. The van der Waals surface area contributed by atoms with E-state index in [2.05, 4.69) is 21.3 Å². The zero-order chi connectivity index (χ0) is 21.7. The van der Waals surface area contributed by atoms with Gasteiger partial charge in [0, 0.05) is 30.9 Å². The van der Waals surface area contributed by atoms with Gasteiger partial charge in [-0.15, -0.1) is 0 Å². The molecule has 162 valence electrons. The Morgan fingerprint density at radius 2 is 2.07 bits per heavy atom. The Bertz CT molecular complexity index is 1030. The van der Waals surface area contributed by atoms with Gasteiger partial charge in [-0.2, -0.15) is 5.10 Å². The summed E-state index contributed by atoms with van der Waals surface area (Å²) in [7, 11) is -3.33. The van der Waals surface area contributed by atoms with E-state index in [0.29, 0.717) is 30.8 Å². The number of carbonyl (C=O) groups excluding carboxylic acids is 1. The van der Waals surface area contributed by atoms with Gasteiger partial charge in [0.1, 0.15) is 5.82 Å². The van der Waals surface area contributed by atoms with Crippen molar-refractivity contribution in [2.75, 3.05) is 24.7 Å². The molecule has 30 heavy (non-hydrogen) atoms. The average Bonchev–Trinajstić information content (AvgIpc) is 3.14. The largest absolute Gasteiger partial charge is 0.315 e. The lowest BCUT2D eigenvalue weighted by atomic mass is 9.99. The number of nitrogens with zero attached hydrogens (tertiary/aromatic N) is 3. The summed E-state index contributed by atoms with van der Waals surface area (Å²) >= 11 is 5.15. The van der Waals surface area contributed by atoms with Crippen LogP contribution in [0.4, 0.5) is 10.2 Å². The number of benzene rings is 1. The molecule has 3 N–H and O–H groups in total. The van der Waals surface area contributed by atoms with Crippen LogP contribution in [0.3, 0.4) is 0 Å². The molecule has 3 rings (SSSR count). The van der Waals surface area contributed by atoms with Crippen molar-refractivity contribution in [3.05, 3.63) is 47.9 Å². The van der Waals surface area contributed by atoms with Gasteiger partial charge in [0.05, 0.1) is 18.7 Å². The molecule has 1 aromatic carbocycles. The normalized spacial score (nSPS) is 17.3. The summed E-state index contributed by atoms with van der Waals surface area (Å²) in [5, 5.41) is 7.21. The number of carbonyl (C=O) groups is 1. The SMILES string of the molecule is CS(=O)(=O)N1CCCC(C(=O)NNC(=S)Nc2ccn(Cc3ccccc3F)n2)C1. The minimum Gasteiger partial charge on any atom is -0.315 e. The highest BCUT2D eigenvalue weighted by atomic mass is 32.2. The summed E-state index contributed by atoms with van der Waals surface area (Å²) < 4.78 is 40.0. The molecular formula is C18H23FN6O3S2. The maximum Gasteiger partial charge on any atom is 0.242 e. The minimum atomic E-state index is -3.33. The predicted octanol–water partition coefficient (Wildman–Crippen LogP) is 1.06. The van der Waals surface area contributed by atoms with E-state index in [-0.39, 0.29) is 29.9 Å². The van der Waals surface area contributed by atoms with Gasteiger partial charge in [0.15, 0.2) is 10.9 Å². The number of thiocarbonyl (C=S) groups is 1. The van der Waals surface area contributed by atoms with Crippen molar-refractivity contribution in [1.82, 2.24) is 24.9 Å². The molecule has 1 saturated heterocycles. The van der Waals surface area contributed by atoms with Gasteiger partial charge in [0.2, 0.25) is 15.9 Å². The summed E-state index contributed by atoms with van der Waals surface area (Å²) in [6, 6.07) is 8.12. The Kier molecular flexibility index (Phi) is 7.00. The summed E-state index contributed by atoms with van der Waals surface area (Å²) in [5.74, 6) is -0.667. The molecule has 2 aromatic rings. The van der Waals surface area contributed by atoms with Crippen molar-refractivity contribution in [3.63, 3.8) is 0 Å². The number of rotatable bonds is 5. The molecule has 2 heterocycles. The fourth-order valence-corrected chi connectivity index (χ4v) is 4.21. The second-order valence-electron chi connectivity index (χ2n) is 7.02. The number of aromatic nitrogens is 2. The number of amides is 1. The van der Waals surface area contributed by atoms with Crippen molar-refractivity contribution in [1.29, 1.82) is 0 Å². The van der Waals surface area contributed by atoms with Gasteiger partial charge in [-0.05, 0) is 31.1 Å². The van der Waals surface area contributed by atoms with Crippen LogP contribution >= 0.6 is 12.2 Å². The van der Waals surface area contributed by atoms with E-state index in [0.717, 1.165) is 6.26 Å². The summed E-state index contributed by atoms with van der Waals surface area (Å²) in [6.45, 7) is 0.836. The van der Waals surface area contributed by atoms with Crippen LogP contribution in [0.5, 0.6) is 0 Å². The lowest BCUT2D eigenvalue weighted by Gasteiger charge is -2.30. The molecule has 1 aromatic heterocycles. The van der Waals surface area contributed by atoms with E-state index in [9.17, 15) is 17.6 Å². The topological polar surface area (TPSA) is 108 Å². The Balaban J connectivity index is 1.47. The van der Waals surface area contributed by atoms with E-state index in [1.807, 2.05) is 0 Å². The minimum absolute atomic E-state index is 0.121. The first kappa shape index (κ1) is 22.1. The molecule has 1 unspecified atom stereocenters. The first-order valence-electron chi connectivity index (χ1n) is 9.31. The van der Waals surface area contributed by atoms with Crippen LogP contribution in [0.15, 0.2) is 36.5 Å². The van der Waals surface area contributed by atoms with Gasteiger partial charge in [-0.1, -0.05) is 18.2 Å². The van der Waals surface area contributed by atoms with Crippen LogP contribution in [-0.4, -0.2) is 52.9 Å². The Morgan fingerprint density at radius 1 is 1.30 bits per heavy atom. The van der Waals surface area contributed by atoms with Crippen LogP contribution < -0.4 is 16.2 Å². The highest BCUT2D eigenvalue weighted by molar-refractivity contribution is 7.88. The first-order valence-corrected chi connectivity index (χ1v) is 11.6. The van der Waals surface area contributed by atoms with Crippen LogP contribution in [0.1, 0.15) is 18.4 Å². The number of hydrogen-bond acceptors (Lipinski definition) is 5. The van der Waals surface area contributed by atoms with E-state index < -0.39 is 15.9 Å². The zero-order valence-corrected chi connectivity index (χ0v) is 18.0. The molecule has 1 amide bonds. The number of anilines is 1. The van der Waals surface area contributed by atoms with Crippen molar-refractivity contribution >= 4 is 39.1 Å². The lowest BCUT2D eigenvalue weighted by Crippen LogP contribution is -2.50. The van der Waals surface area contributed by atoms with Crippen molar-refractivity contribution in [2.45, 2.75) is 19.4 Å². The molecular weight excluding hydrogens is 431 g/mol.